The molecule has 1 fully saturated rings. The summed E-state index contributed by atoms with van der Waals surface area (Å²) in [4.78, 5) is 12.5. The number of pyridine rings is 1. The minimum atomic E-state index is -4.53. The van der Waals surface area contributed by atoms with Crippen LogP contribution >= 0.6 is 11.6 Å². The highest BCUT2D eigenvalue weighted by molar-refractivity contribution is 6.33. The summed E-state index contributed by atoms with van der Waals surface area (Å²) in [6.45, 7) is 0.732. The van der Waals surface area contributed by atoms with Gasteiger partial charge in [-0.25, -0.2) is 0 Å². The molecule has 1 aromatic carbocycles. The van der Waals surface area contributed by atoms with Crippen molar-refractivity contribution in [2.24, 2.45) is 5.92 Å². The van der Waals surface area contributed by atoms with E-state index in [9.17, 15) is 18.0 Å². The highest BCUT2D eigenvalue weighted by Crippen LogP contribution is 2.32. The first-order valence-corrected chi connectivity index (χ1v) is 10.4. The van der Waals surface area contributed by atoms with Gasteiger partial charge in [-0.2, -0.15) is 13.2 Å². The lowest BCUT2D eigenvalue weighted by molar-refractivity contribution is -0.137. The molecule has 10 heteroatoms. The number of carbonyl (C=O) groups excluding carboxylic acids is 1. The molecule has 0 atom stereocenters. The van der Waals surface area contributed by atoms with Crippen molar-refractivity contribution in [1.29, 1.82) is 0 Å². The van der Waals surface area contributed by atoms with Gasteiger partial charge in [0.05, 0.1) is 16.1 Å². The van der Waals surface area contributed by atoms with E-state index in [0.717, 1.165) is 56.1 Å². The molecule has 1 amide bonds. The van der Waals surface area contributed by atoms with E-state index in [-0.39, 0.29) is 16.6 Å². The van der Waals surface area contributed by atoms with Gasteiger partial charge in [0, 0.05) is 18.8 Å². The molecule has 4 rings (SSSR count). The molecular weight excluding hydrogens is 431 g/mol. The maximum atomic E-state index is 12.9. The molecule has 6 nitrogen and oxygen atoms in total. The van der Waals surface area contributed by atoms with Crippen molar-refractivity contribution < 1.29 is 18.0 Å². The summed E-state index contributed by atoms with van der Waals surface area (Å²) in [7, 11) is 0. The van der Waals surface area contributed by atoms with Gasteiger partial charge in [0.15, 0.2) is 5.65 Å². The Morgan fingerprint density at radius 1 is 1.13 bits per heavy atom. The third-order valence-corrected chi connectivity index (χ3v) is 5.91. The van der Waals surface area contributed by atoms with E-state index in [1.807, 2.05) is 28.8 Å². The number of anilines is 1. The Balaban J connectivity index is 1.30. The number of hydrogen-bond donors (Lipinski definition) is 2. The van der Waals surface area contributed by atoms with Crippen LogP contribution in [-0.4, -0.2) is 33.1 Å². The number of halogens is 4. The standard InChI is InChI=1S/C21H21ClF3N5O/c22-17-9-6-14(21(23,24)25)11-16(17)19(31)27-15-7-4-13(5-8-15)12-26-20-29-28-18-3-1-2-10-30(18)20/h1-3,6,9-11,13,15H,4-5,7-8,12H2,(H,26,29)(H,27,31). The van der Waals surface area contributed by atoms with Crippen LogP contribution in [0, 0.1) is 5.92 Å². The van der Waals surface area contributed by atoms with Crippen LogP contribution in [0.4, 0.5) is 19.1 Å². The molecule has 1 aliphatic carbocycles. The van der Waals surface area contributed by atoms with E-state index >= 15 is 0 Å². The largest absolute Gasteiger partial charge is 0.416 e. The molecule has 31 heavy (non-hydrogen) atoms. The first-order valence-electron chi connectivity index (χ1n) is 10.0. The molecule has 0 aliphatic heterocycles. The Hall–Kier alpha value is -2.81. The summed E-state index contributed by atoms with van der Waals surface area (Å²) in [5.74, 6) is 0.513. The third-order valence-electron chi connectivity index (χ3n) is 5.58. The molecule has 2 aromatic heterocycles. The minimum Gasteiger partial charge on any atom is -0.354 e. The van der Waals surface area contributed by atoms with Crippen LogP contribution in [0.1, 0.15) is 41.6 Å². The molecule has 3 aromatic rings. The van der Waals surface area contributed by atoms with E-state index in [1.165, 1.54) is 0 Å². The van der Waals surface area contributed by atoms with Crippen LogP contribution in [-0.2, 0) is 6.18 Å². The number of carbonyl (C=O) groups is 1. The Kier molecular flexibility index (Phi) is 6.04. The smallest absolute Gasteiger partial charge is 0.354 e. The van der Waals surface area contributed by atoms with E-state index < -0.39 is 17.6 Å². The van der Waals surface area contributed by atoms with Gasteiger partial charge in [-0.3, -0.25) is 9.20 Å². The van der Waals surface area contributed by atoms with Gasteiger partial charge >= 0.3 is 6.18 Å². The number of hydrogen-bond acceptors (Lipinski definition) is 4. The van der Waals surface area contributed by atoms with Crippen molar-refractivity contribution in [3.8, 4) is 0 Å². The van der Waals surface area contributed by atoms with E-state index in [4.69, 9.17) is 11.6 Å². The summed E-state index contributed by atoms with van der Waals surface area (Å²) < 4.78 is 40.7. The lowest BCUT2D eigenvalue weighted by atomic mass is 9.86. The zero-order valence-corrected chi connectivity index (χ0v) is 17.2. The van der Waals surface area contributed by atoms with Gasteiger partial charge in [-0.05, 0) is 61.9 Å². The summed E-state index contributed by atoms with van der Waals surface area (Å²) in [6.07, 6.45) is 0.615. The molecule has 0 spiro atoms. The molecule has 1 aliphatic rings. The third kappa shape index (κ3) is 4.92. The number of rotatable bonds is 5. The highest BCUT2D eigenvalue weighted by Gasteiger charge is 2.32. The highest BCUT2D eigenvalue weighted by atomic mass is 35.5. The number of fused-ring (bicyclic) bond motifs is 1. The van der Waals surface area contributed by atoms with E-state index in [1.54, 1.807) is 0 Å². The molecule has 2 N–H and O–H groups in total. The number of nitrogens with one attached hydrogen (secondary N) is 2. The zero-order chi connectivity index (χ0) is 22.0. The molecule has 2 heterocycles. The Bertz CT molecular complexity index is 1080. The van der Waals surface area contributed by atoms with Crippen LogP contribution in [0.2, 0.25) is 5.02 Å². The van der Waals surface area contributed by atoms with Crippen molar-refractivity contribution in [1.82, 2.24) is 19.9 Å². The van der Waals surface area contributed by atoms with Crippen molar-refractivity contribution in [2.45, 2.75) is 37.9 Å². The quantitative estimate of drug-likeness (QED) is 0.584. The topological polar surface area (TPSA) is 71.3 Å². The summed E-state index contributed by atoms with van der Waals surface area (Å²) in [6, 6.07) is 8.37. The zero-order valence-electron chi connectivity index (χ0n) is 16.5. The second kappa shape index (κ2) is 8.74. The van der Waals surface area contributed by atoms with Crippen LogP contribution in [0.15, 0.2) is 42.6 Å². The Morgan fingerprint density at radius 3 is 2.65 bits per heavy atom. The average Bonchev–Trinajstić information content (AvgIpc) is 3.16. The summed E-state index contributed by atoms with van der Waals surface area (Å²) in [5, 5.41) is 14.4. The number of alkyl halides is 3. The molecule has 0 radical (unpaired) electrons. The molecule has 0 saturated heterocycles. The Labute approximate surface area is 181 Å². The fourth-order valence-corrected chi connectivity index (χ4v) is 4.05. The second-order valence-corrected chi connectivity index (χ2v) is 8.12. The maximum absolute atomic E-state index is 12.9. The fraction of sp³-hybridized carbons (Fsp3) is 0.381. The average molecular weight is 452 g/mol. The van der Waals surface area contributed by atoms with E-state index in [0.29, 0.717) is 11.9 Å². The van der Waals surface area contributed by atoms with E-state index in [2.05, 4.69) is 20.8 Å². The summed E-state index contributed by atoms with van der Waals surface area (Å²) >= 11 is 5.96. The van der Waals surface area contributed by atoms with Crippen molar-refractivity contribution in [3.05, 3.63) is 58.7 Å². The number of aromatic nitrogens is 3. The lowest BCUT2D eigenvalue weighted by Crippen LogP contribution is -2.38. The van der Waals surface area contributed by atoms with Crippen LogP contribution in [0.25, 0.3) is 5.65 Å². The molecule has 1 saturated carbocycles. The molecule has 164 valence electrons. The van der Waals surface area contributed by atoms with Crippen LogP contribution < -0.4 is 10.6 Å². The second-order valence-electron chi connectivity index (χ2n) is 7.72. The predicted octanol–water partition coefficient (Wildman–Crippen LogP) is 4.80. The predicted molar refractivity (Wildman–Crippen MR) is 111 cm³/mol. The summed E-state index contributed by atoms with van der Waals surface area (Å²) in [5.41, 5.74) is -0.276. The molecule has 0 unspecified atom stereocenters. The number of nitrogens with zero attached hydrogens (tertiary/aromatic N) is 3. The first kappa shape index (κ1) is 21.4. The van der Waals surface area contributed by atoms with Gasteiger partial charge in [0.1, 0.15) is 0 Å². The lowest BCUT2D eigenvalue weighted by Gasteiger charge is -2.29. The van der Waals surface area contributed by atoms with Gasteiger partial charge in [0.2, 0.25) is 5.95 Å². The van der Waals surface area contributed by atoms with Crippen LogP contribution in [0.5, 0.6) is 0 Å². The Morgan fingerprint density at radius 2 is 1.90 bits per heavy atom. The number of amides is 1. The maximum Gasteiger partial charge on any atom is 0.416 e. The van der Waals surface area contributed by atoms with Crippen molar-refractivity contribution >= 4 is 29.1 Å². The fourth-order valence-electron chi connectivity index (χ4n) is 3.85. The number of benzene rings is 1. The van der Waals surface area contributed by atoms with Crippen molar-refractivity contribution in [2.75, 3.05) is 11.9 Å². The van der Waals surface area contributed by atoms with Gasteiger partial charge in [0.25, 0.3) is 5.91 Å². The molecule has 0 bridgehead atoms. The first-order chi connectivity index (χ1) is 14.8. The minimum absolute atomic E-state index is 0.00363. The SMILES string of the molecule is O=C(NC1CCC(CNc2nnc3ccccn23)CC1)c1cc(C(F)(F)F)ccc1Cl. The van der Waals surface area contributed by atoms with Crippen molar-refractivity contribution in [3.63, 3.8) is 0 Å². The van der Waals surface area contributed by atoms with Gasteiger partial charge in [-0.15, -0.1) is 10.2 Å². The van der Waals surface area contributed by atoms with Gasteiger partial charge in [-0.1, -0.05) is 17.7 Å². The van der Waals surface area contributed by atoms with Gasteiger partial charge < -0.3 is 10.6 Å². The van der Waals surface area contributed by atoms with Crippen LogP contribution in [0.3, 0.4) is 0 Å². The monoisotopic (exact) mass is 451 g/mol. The molecular formula is C21H21ClF3N5O. The normalized spacial score (nSPS) is 19.4.